The van der Waals surface area contributed by atoms with Crippen LogP contribution in [0.1, 0.15) is 91.7 Å². The minimum absolute atomic E-state index is 0.00734. The monoisotopic (exact) mass is 1090 g/mol. The quantitative estimate of drug-likeness (QED) is 0.0757. The molecule has 0 aliphatic carbocycles. The van der Waals surface area contributed by atoms with Gasteiger partial charge in [0, 0.05) is 60.7 Å². The number of carbonyl (C=O) groups is 3. The van der Waals surface area contributed by atoms with Crippen LogP contribution in [0.2, 0.25) is 0 Å². The molecule has 7 aromatic rings. The Hall–Kier alpha value is -7.85. The molecular formula is C56H49F10N5O7. The molecule has 2 aromatic heterocycles. The van der Waals surface area contributed by atoms with Crippen molar-refractivity contribution >= 4 is 39.7 Å². The highest BCUT2D eigenvalue weighted by Crippen LogP contribution is 2.41. The van der Waals surface area contributed by atoms with Gasteiger partial charge >= 0.3 is 24.3 Å². The number of fused-ring (bicyclic) bond motifs is 2. The van der Waals surface area contributed by atoms with Gasteiger partial charge in [0.25, 0.3) is 17.0 Å². The highest BCUT2D eigenvalue weighted by Gasteiger charge is 2.41. The van der Waals surface area contributed by atoms with E-state index in [9.17, 15) is 33.4 Å². The van der Waals surface area contributed by atoms with Crippen LogP contribution in [0.4, 0.5) is 43.9 Å². The Balaban J connectivity index is 1.40. The molecule has 0 radical (unpaired) electrons. The summed E-state index contributed by atoms with van der Waals surface area (Å²) >= 11 is 0. The zero-order valence-electron chi connectivity index (χ0n) is 41.7. The predicted molar refractivity (Wildman–Crippen MR) is 267 cm³/mol. The number of nitrogens with zero attached hydrogens (tertiary/aromatic N) is 4. The molecule has 0 spiro atoms. The number of hydrogen-bond donors (Lipinski definition) is 3. The van der Waals surface area contributed by atoms with E-state index < -0.39 is 163 Å². The second-order valence-corrected chi connectivity index (χ2v) is 19.4. The van der Waals surface area contributed by atoms with Crippen LogP contribution in [0.25, 0.3) is 21.8 Å². The zero-order valence-corrected chi connectivity index (χ0v) is 41.7. The highest BCUT2D eigenvalue weighted by atomic mass is 19.4. The lowest BCUT2D eigenvalue weighted by molar-refractivity contribution is -0.139. The summed E-state index contributed by atoms with van der Waals surface area (Å²) in [6.45, 7) is 1.36. The Bertz CT molecular complexity index is 3600. The number of aryl methyl sites for hydroxylation is 1. The van der Waals surface area contributed by atoms with Crippen LogP contribution in [-0.4, -0.2) is 80.4 Å². The molecule has 12 nitrogen and oxygen atoms in total. The molecule has 1 unspecified atom stereocenters. The molecule has 5 aromatic carbocycles. The first kappa shape index (κ1) is 56.4. The molecule has 1 amide bonds. The summed E-state index contributed by atoms with van der Waals surface area (Å²) in [6.07, 6.45) is -12.5. The predicted octanol–water partition coefficient (Wildman–Crippen LogP) is 9.89. The Morgan fingerprint density at radius 3 is 1.62 bits per heavy atom. The number of carboxylic acid groups (broad SMARTS) is 2. The SMILES string of the molecule is CN(C)Cc1ccc2c(c1)c(C(F)(F)F)c(Cc1cccc(CC(NC(=O)c3c(F)cccc3F)C(=O)O)c1F)c(=O)n2-n1c(=O)c(Cc2cccc(CCC(=O)O)c2F)c(C(F)(F)F)c2cc(CN3CCCCC3)ccc21. The molecule has 78 heavy (non-hydrogen) atoms. The fraction of sp³-hybridized carbons (Fsp3) is 0.304. The van der Waals surface area contributed by atoms with Gasteiger partial charge in [-0.3, -0.25) is 24.1 Å². The standard InChI is InChI=1S/C56H49F10N5O7/c1-68(2)28-30-15-18-43-36(23-30)47(55(61,62)63)39(26-34-11-7-12-35(50(34)60)27-42(54(77)78)67-51(74)46-40(57)13-8-14-41(46)58)53(76)70(43)71-44-19-16-31(29-69-21-4-3-5-22-69)24-37(44)48(56(64,65)66)38(52(71)75)25-33-10-6-9-32(49(33)59)17-20-45(72)73/h6-16,18-19,23-24,42H,3-5,17,20-22,25-29H2,1-2H3,(H,67,74)(H,72,73)(H,77,78). The molecule has 1 saturated heterocycles. The topological polar surface area (TPSA) is 154 Å². The van der Waals surface area contributed by atoms with Crippen LogP contribution in [0.3, 0.4) is 0 Å². The van der Waals surface area contributed by atoms with E-state index >= 15 is 44.7 Å². The van der Waals surface area contributed by atoms with Crippen molar-refractivity contribution in [2.75, 3.05) is 27.2 Å². The maximum absolute atomic E-state index is 16.9. The first-order valence-electron chi connectivity index (χ1n) is 24.5. The lowest BCUT2D eigenvalue weighted by atomic mass is 9.93. The minimum atomic E-state index is -5.44. The van der Waals surface area contributed by atoms with E-state index in [1.807, 2.05) is 10.2 Å². The number of alkyl halides is 6. The Morgan fingerprint density at radius 2 is 1.12 bits per heavy atom. The van der Waals surface area contributed by atoms with Gasteiger partial charge in [0.2, 0.25) is 0 Å². The van der Waals surface area contributed by atoms with Gasteiger partial charge in [-0.05, 0) is 116 Å². The fourth-order valence-electron chi connectivity index (χ4n) is 10.1. The van der Waals surface area contributed by atoms with Crippen molar-refractivity contribution in [1.82, 2.24) is 24.5 Å². The number of nitrogens with one attached hydrogen (secondary N) is 1. The minimum Gasteiger partial charge on any atom is -0.481 e. The number of piperidine rings is 1. The molecule has 22 heteroatoms. The van der Waals surface area contributed by atoms with E-state index in [1.165, 1.54) is 24.3 Å². The summed E-state index contributed by atoms with van der Waals surface area (Å²) in [5, 5.41) is 19.8. The summed E-state index contributed by atoms with van der Waals surface area (Å²) < 4.78 is 158. The van der Waals surface area contributed by atoms with E-state index in [-0.39, 0.29) is 30.6 Å². The molecule has 1 atom stereocenters. The maximum atomic E-state index is 16.9. The third-order valence-electron chi connectivity index (χ3n) is 13.6. The molecule has 1 aliphatic rings. The number of halogens is 10. The first-order chi connectivity index (χ1) is 36.8. The first-order valence-corrected chi connectivity index (χ1v) is 24.5. The van der Waals surface area contributed by atoms with Crippen LogP contribution >= 0.6 is 0 Å². The third kappa shape index (κ3) is 11.8. The second-order valence-electron chi connectivity index (χ2n) is 19.4. The number of pyridine rings is 2. The van der Waals surface area contributed by atoms with Crippen molar-refractivity contribution in [1.29, 1.82) is 0 Å². The molecule has 1 fully saturated rings. The van der Waals surface area contributed by atoms with E-state index in [0.29, 0.717) is 28.0 Å². The van der Waals surface area contributed by atoms with E-state index in [0.717, 1.165) is 86.0 Å². The van der Waals surface area contributed by atoms with Gasteiger partial charge in [-0.2, -0.15) is 26.3 Å². The lowest BCUT2D eigenvalue weighted by Crippen LogP contribution is -2.43. The maximum Gasteiger partial charge on any atom is 0.417 e. The van der Waals surface area contributed by atoms with Gasteiger partial charge in [0.15, 0.2) is 0 Å². The van der Waals surface area contributed by atoms with Gasteiger partial charge in [-0.15, -0.1) is 0 Å². The third-order valence-corrected chi connectivity index (χ3v) is 13.6. The Kier molecular flexibility index (Phi) is 16.3. The normalized spacial score (nSPS) is 13.9. The Labute approximate surface area is 437 Å². The molecule has 410 valence electrons. The van der Waals surface area contributed by atoms with Crippen LogP contribution < -0.4 is 16.4 Å². The zero-order chi connectivity index (χ0) is 56.5. The summed E-state index contributed by atoms with van der Waals surface area (Å²) in [5.74, 6) is -9.84. The molecule has 0 bridgehead atoms. The fourth-order valence-corrected chi connectivity index (χ4v) is 10.1. The van der Waals surface area contributed by atoms with Gasteiger partial charge in [0.05, 0.1) is 22.2 Å². The summed E-state index contributed by atoms with van der Waals surface area (Å²) in [5.41, 5.74) is -12.5. The van der Waals surface area contributed by atoms with E-state index in [4.69, 9.17) is 0 Å². The summed E-state index contributed by atoms with van der Waals surface area (Å²) in [4.78, 5) is 71.2. The Morgan fingerprint density at radius 1 is 0.641 bits per heavy atom. The lowest BCUT2D eigenvalue weighted by Gasteiger charge is -2.27. The summed E-state index contributed by atoms with van der Waals surface area (Å²) in [7, 11) is 3.21. The van der Waals surface area contributed by atoms with Crippen molar-refractivity contribution in [3.05, 3.63) is 196 Å². The van der Waals surface area contributed by atoms with Gasteiger partial charge in [-0.25, -0.2) is 31.7 Å². The smallest absolute Gasteiger partial charge is 0.417 e. The number of aromatic nitrogens is 2. The number of benzene rings is 5. The molecule has 3 N–H and O–H groups in total. The molecule has 8 rings (SSSR count). The van der Waals surface area contributed by atoms with Crippen LogP contribution in [0.5, 0.6) is 0 Å². The van der Waals surface area contributed by atoms with Gasteiger partial charge in [0.1, 0.15) is 34.9 Å². The number of rotatable bonds is 17. The van der Waals surface area contributed by atoms with Crippen molar-refractivity contribution < 1.29 is 68.5 Å². The molecular weight excluding hydrogens is 1040 g/mol. The van der Waals surface area contributed by atoms with Crippen LogP contribution in [0, 0.1) is 23.3 Å². The largest absolute Gasteiger partial charge is 0.481 e. The average molecular weight is 1090 g/mol. The van der Waals surface area contributed by atoms with Crippen molar-refractivity contribution in [2.24, 2.45) is 0 Å². The van der Waals surface area contributed by atoms with Crippen molar-refractivity contribution in [3.63, 3.8) is 0 Å². The van der Waals surface area contributed by atoms with Gasteiger partial charge in [-0.1, -0.05) is 61.0 Å². The highest BCUT2D eigenvalue weighted by molar-refractivity contribution is 5.97. The molecule has 0 saturated carbocycles. The number of amides is 1. The number of hydrogen-bond acceptors (Lipinski definition) is 7. The number of carboxylic acids is 2. The van der Waals surface area contributed by atoms with Crippen LogP contribution in [0.15, 0.2) is 101 Å². The molecule has 3 heterocycles. The number of carbonyl (C=O) groups excluding carboxylic acids is 1. The van der Waals surface area contributed by atoms with Crippen molar-refractivity contribution in [3.8, 4) is 0 Å². The number of aliphatic carboxylic acids is 2. The van der Waals surface area contributed by atoms with E-state index in [1.54, 1.807) is 19.0 Å². The summed E-state index contributed by atoms with van der Waals surface area (Å²) in [6, 6.07) is 14.1. The molecule has 1 aliphatic heterocycles. The van der Waals surface area contributed by atoms with Crippen molar-refractivity contribution in [2.45, 2.75) is 82.9 Å². The average Bonchev–Trinajstić information content (AvgIpc) is 3.39. The second kappa shape index (κ2) is 22.6. The number of likely N-dealkylation sites (tertiary alicyclic amines) is 1. The van der Waals surface area contributed by atoms with Gasteiger partial charge < -0.3 is 20.4 Å². The van der Waals surface area contributed by atoms with Crippen LogP contribution in [-0.2, 0) is 60.7 Å². The van der Waals surface area contributed by atoms with E-state index in [2.05, 4.69) is 0 Å².